The Kier molecular flexibility index (Phi) is 5.63. The minimum Gasteiger partial charge on any atom is -0.288 e. The molecule has 0 saturated carbocycles. The quantitative estimate of drug-likeness (QED) is 0.434. The summed E-state index contributed by atoms with van der Waals surface area (Å²) in [6.45, 7) is 3.09. The lowest BCUT2D eigenvalue weighted by molar-refractivity contribution is -0.116. The Morgan fingerprint density at radius 2 is 1.93 bits per heavy atom. The Labute approximate surface area is 170 Å². The van der Waals surface area contributed by atoms with E-state index in [-0.39, 0.29) is 11.7 Å². The van der Waals surface area contributed by atoms with Crippen LogP contribution >= 0.6 is 23.1 Å². The Bertz CT molecular complexity index is 1050. The molecular formula is C19H18N6OS2. The fraction of sp³-hybridized carbons (Fsp3) is 0.211. The highest BCUT2D eigenvalue weighted by molar-refractivity contribution is 7.99. The normalized spacial score (nSPS) is 11.0. The van der Waals surface area contributed by atoms with Crippen LogP contribution in [0.25, 0.3) is 10.2 Å². The molecule has 0 spiro atoms. The van der Waals surface area contributed by atoms with E-state index in [0.717, 1.165) is 20.9 Å². The highest BCUT2D eigenvalue weighted by Crippen LogP contribution is 2.29. The molecule has 7 nitrogen and oxygen atoms in total. The summed E-state index contributed by atoms with van der Waals surface area (Å²) in [6.07, 6.45) is 0. The molecule has 1 amide bonds. The second-order valence-corrected chi connectivity index (χ2v) is 7.95. The Morgan fingerprint density at radius 1 is 1.14 bits per heavy atom. The number of thiazole rings is 1. The standard InChI is InChI=1S/C19H18N6OS2/c1-2-24(18-20-15-10-6-7-11-16(15)28-18)17(26)13-27-19-21-22-23-25(19)12-14-8-4-3-5-9-14/h3-11H,2,12-13H2,1H3. The molecule has 0 bridgehead atoms. The van der Waals surface area contributed by atoms with E-state index in [2.05, 4.69) is 20.5 Å². The van der Waals surface area contributed by atoms with E-state index in [1.165, 1.54) is 23.1 Å². The predicted molar refractivity (Wildman–Crippen MR) is 112 cm³/mol. The first-order valence-electron chi connectivity index (χ1n) is 8.83. The van der Waals surface area contributed by atoms with Crippen molar-refractivity contribution in [3.63, 3.8) is 0 Å². The van der Waals surface area contributed by atoms with E-state index in [4.69, 9.17) is 0 Å². The molecule has 4 rings (SSSR count). The summed E-state index contributed by atoms with van der Waals surface area (Å²) in [4.78, 5) is 19.1. The number of carbonyl (C=O) groups is 1. The number of thioether (sulfide) groups is 1. The van der Waals surface area contributed by atoms with Crippen molar-refractivity contribution in [3.8, 4) is 0 Å². The van der Waals surface area contributed by atoms with Crippen molar-refractivity contribution < 1.29 is 4.79 Å². The average Bonchev–Trinajstić information content (AvgIpc) is 3.34. The molecule has 142 valence electrons. The molecule has 4 aromatic rings. The molecule has 0 fully saturated rings. The number of aromatic nitrogens is 5. The number of rotatable bonds is 7. The maximum Gasteiger partial charge on any atom is 0.239 e. The van der Waals surface area contributed by atoms with Gasteiger partial charge in [-0.3, -0.25) is 9.69 Å². The Morgan fingerprint density at radius 3 is 2.71 bits per heavy atom. The smallest absolute Gasteiger partial charge is 0.239 e. The fourth-order valence-electron chi connectivity index (χ4n) is 2.75. The van der Waals surface area contributed by atoms with Gasteiger partial charge in [0.15, 0.2) is 5.13 Å². The van der Waals surface area contributed by atoms with E-state index >= 15 is 0 Å². The lowest BCUT2D eigenvalue weighted by Gasteiger charge is -2.17. The zero-order valence-corrected chi connectivity index (χ0v) is 16.9. The molecule has 0 aliphatic heterocycles. The van der Waals surface area contributed by atoms with Crippen molar-refractivity contribution in [1.82, 2.24) is 25.2 Å². The molecule has 28 heavy (non-hydrogen) atoms. The number of para-hydroxylation sites is 1. The molecular weight excluding hydrogens is 392 g/mol. The van der Waals surface area contributed by atoms with Gasteiger partial charge in [0, 0.05) is 6.54 Å². The highest BCUT2D eigenvalue weighted by atomic mass is 32.2. The highest BCUT2D eigenvalue weighted by Gasteiger charge is 2.19. The van der Waals surface area contributed by atoms with Gasteiger partial charge in [0.2, 0.25) is 11.1 Å². The van der Waals surface area contributed by atoms with Gasteiger partial charge in [0.05, 0.1) is 22.5 Å². The summed E-state index contributed by atoms with van der Waals surface area (Å²) < 4.78 is 2.78. The maximum atomic E-state index is 12.8. The van der Waals surface area contributed by atoms with Crippen LogP contribution < -0.4 is 4.90 Å². The SMILES string of the molecule is CCN(C(=O)CSc1nnnn1Cc1ccccc1)c1nc2ccccc2s1. The molecule has 0 aliphatic rings. The average molecular weight is 411 g/mol. The number of fused-ring (bicyclic) bond motifs is 1. The van der Waals surface area contributed by atoms with Crippen molar-refractivity contribution in [1.29, 1.82) is 0 Å². The number of hydrogen-bond donors (Lipinski definition) is 0. The second kappa shape index (κ2) is 8.49. The Hall–Kier alpha value is -2.78. The van der Waals surface area contributed by atoms with Gasteiger partial charge in [-0.05, 0) is 35.0 Å². The molecule has 9 heteroatoms. The fourth-order valence-corrected chi connectivity index (χ4v) is 4.55. The Balaban J connectivity index is 1.44. The monoisotopic (exact) mass is 410 g/mol. The van der Waals surface area contributed by atoms with Gasteiger partial charge in [-0.1, -0.05) is 65.6 Å². The van der Waals surface area contributed by atoms with Crippen LogP contribution in [0.1, 0.15) is 12.5 Å². The number of benzene rings is 2. The lowest BCUT2D eigenvalue weighted by atomic mass is 10.2. The van der Waals surface area contributed by atoms with Gasteiger partial charge >= 0.3 is 0 Å². The molecule has 0 unspecified atom stereocenters. The molecule has 0 aliphatic carbocycles. The number of carbonyl (C=O) groups excluding carboxylic acids is 1. The van der Waals surface area contributed by atoms with Crippen LogP contribution in [0.3, 0.4) is 0 Å². The summed E-state index contributed by atoms with van der Waals surface area (Å²) in [5.74, 6) is 0.236. The van der Waals surface area contributed by atoms with Crippen LogP contribution in [0.2, 0.25) is 0 Å². The summed E-state index contributed by atoms with van der Waals surface area (Å²) in [7, 11) is 0. The summed E-state index contributed by atoms with van der Waals surface area (Å²) >= 11 is 2.86. The molecule has 0 radical (unpaired) electrons. The first kappa shape index (κ1) is 18.6. The largest absolute Gasteiger partial charge is 0.288 e. The minimum absolute atomic E-state index is 0.0131. The van der Waals surface area contributed by atoms with Crippen LogP contribution in [0, 0.1) is 0 Å². The van der Waals surface area contributed by atoms with Crippen LogP contribution in [-0.4, -0.2) is 43.4 Å². The van der Waals surface area contributed by atoms with E-state index in [1.54, 1.807) is 9.58 Å². The predicted octanol–water partition coefficient (Wildman–Crippen LogP) is 3.48. The third kappa shape index (κ3) is 4.05. The van der Waals surface area contributed by atoms with Gasteiger partial charge in [-0.15, -0.1) is 5.10 Å². The molecule has 2 aromatic carbocycles. The summed E-state index contributed by atoms with van der Waals surface area (Å²) in [5, 5.41) is 13.2. The number of tetrazole rings is 1. The van der Waals surface area contributed by atoms with Crippen molar-refractivity contribution in [2.45, 2.75) is 18.6 Å². The van der Waals surface area contributed by atoms with E-state index in [1.807, 2.05) is 61.5 Å². The van der Waals surface area contributed by atoms with Gasteiger partial charge in [0.25, 0.3) is 0 Å². The van der Waals surface area contributed by atoms with Crippen LogP contribution in [0.5, 0.6) is 0 Å². The molecule has 0 N–H and O–H groups in total. The zero-order valence-electron chi connectivity index (χ0n) is 15.2. The number of anilines is 1. The van der Waals surface area contributed by atoms with Gasteiger partial charge in [-0.25, -0.2) is 9.67 Å². The van der Waals surface area contributed by atoms with Gasteiger partial charge < -0.3 is 0 Å². The lowest BCUT2D eigenvalue weighted by Crippen LogP contribution is -2.32. The number of hydrogen-bond acceptors (Lipinski definition) is 7. The first-order chi connectivity index (χ1) is 13.7. The van der Waals surface area contributed by atoms with Gasteiger partial charge in [0.1, 0.15) is 0 Å². The first-order valence-corrected chi connectivity index (χ1v) is 10.6. The summed E-state index contributed by atoms with van der Waals surface area (Å²) in [6, 6.07) is 17.9. The van der Waals surface area contributed by atoms with Crippen LogP contribution in [0.4, 0.5) is 5.13 Å². The van der Waals surface area contributed by atoms with E-state index < -0.39 is 0 Å². The number of nitrogens with zero attached hydrogens (tertiary/aromatic N) is 6. The van der Waals surface area contributed by atoms with Gasteiger partial charge in [-0.2, -0.15) is 0 Å². The molecule has 0 saturated heterocycles. The van der Waals surface area contributed by atoms with E-state index in [0.29, 0.717) is 18.2 Å². The second-order valence-electron chi connectivity index (χ2n) is 6.00. The zero-order chi connectivity index (χ0) is 19.3. The third-order valence-electron chi connectivity index (χ3n) is 4.13. The molecule has 2 heterocycles. The third-order valence-corrected chi connectivity index (χ3v) is 6.13. The van der Waals surface area contributed by atoms with E-state index in [9.17, 15) is 4.79 Å². The van der Waals surface area contributed by atoms with Crippen molar-refractivity contribution in [2.75, 3.05) is 17.2 Å². The molecule has 0 atom stereocenters. The summed E-state index contributed by atoms with van der Waals surface area (Å²) in [5.41, 5.74) is 2.01. The van der Waals surface area contributed by atoms with Crippen molar-refractivity contribution in [2.24, 2.45) is 0 Å². The number of amides is 1. The van der Waals surface area contributed by atoms with Crippen LogP contribution in [-0.2, 0) is 11.3 Å². The van der Waals surface area contributed by atoms with Crippen LogP contribution in [0.15, 0.2) is 59.8 Å². The minimum atomic E-state index is -0.0131. The molecule has 2 aromatic heterocycles. The van der Waals surface area contributed by atoms with Crippen molar-refractivity contribution in [3.05, 3.63) is 60.2 Å². The van der Waals surface area contributed by atoms with Crippen molar-refractivity contribution >= 4 is 44.4 Å². The topological polar surface area (TPSA) is 76.8 Å². The maximum absolute atomic E-state index is 12.8.